The zero-order valence-corrected chi connectivity index (χ0v) is 24.6. The summed E-state index contributed by atoms with van der Waals surface area (Å²) in [5.41, 5.74) is 4.24. The van der Waals surface area contributed by atoms with Gasteiger partial charge in [0.1, 0.15) is 13.2 Å². The lowest BCUT2D eigenvalue weighted by atomic mass is 9.82. The molecule has 0 aromatic heterocycles. The molecule has 3 aliphatic heterocycles. The number of benzene rings is 2. The summed E-state index contributed by atoms with van der Waals surface area (Å²) in [7, 11) is 0. The van der Waals surface area contributed by atoms with Crippen molar-refractivity contribution in [3.8, 4) is 0 Å². The molecule has 2 saturated heterocycles. The molecule has 2 saturated carbocycles. The van der Waals surface area contributed by atoms with Crippen molar-refractivity contribution in [2.45, 2.75) is 77.5 Å². The molecule has 0 radical (unpaired) electrons. The monoisotopic (exact) mass is 570 g/mol. The van der Waals surface area contributed by atoms with Gasteiger partial charge in [0.15, 0.2) is 0 Å². The van der Waals surface area contributed by atoms with Gasteiger partial charge >= 0.3 is 6.09 Å². The zero-order chi connectivity index (χ0) is 29.1. The fourth-order valence-corrected chi connectivity index (χ4v) is 7.31. The molecule has 3 heterocycles. The minimum absolute atomic E-state index is 0.0390. The lowest BCUT2D eigenvalue weighted by molar-refractivity contribution is -0.132. The van der Waals surface area contributed by atoms with Crippen molar-refractivity contribution < 1.29 is 19.1 Å². The second kappa shape index (κ2) is 12.7. The van der Waals surface area contributed by atoms with Gasteiger partial charge in [0, 0.05) is 24.6 Å². The van der Waals surface area contributed by atoms with Crippen LogP contribution >= 0.6 is 0 Å². The van der Waals surface area contributed by atoms with Crippen LogP contribution in [0.4, 0.5) is 10.5 Å². The Balaban J connectivity index is 1.30. The number of benzodiazepines with no additional fused rings is 1. The van der Waals surface area contributed by atoms with Crippen LogP contribution in [0.25, 0.3) is 0 Å². The number of rotatable bonds is 6. The number of anilines is 1. The summed E-state index contributed by atoms with van der Waals surface area (Å²) in [4.78, 5) is 49.7. The highest BCUT2D eigenvalue weighted by atomic mass is 16.5. The Morgan fingerprint density at radius 1 is 0.905 bits per heavy atom. The molecule has 8 heteroatoms. The van der Waals surface area contributed by atoms with E-state index in [1.807, 2.05) is 60.4 Å². The number of para-hydroxylation sites is 1. The summed E-state index contributed by atoms with van der Waals surface area (Å²) in [5, 5.41) is 2.75. The number of carbonyl (C=O) groups is 3. The highest BCUT2D eigenvalue weighted by molar-refractivity contribution is 6.15. The van der Waals surface area contributed by atoms with Gasteiger partial charge in [-0.2, -0.15) is 0 Å². The second-order valence-corrected chi connectivity index (χ2v) is 12.5. The average molecular weight is 571 g/mol. The van der Waals surface area contributed by atoms with Crippen molar-refractivity contribution in [2.75, 3.05) is 24.5 Å². The summed E-state index contributed by atoms with van der Waals surface area (Å²) in [6.45, 7) is 3.52. The predicted octanol–water partition coefficient (Wildman–Crippen LogP) is 5.61. The molecule has 4 fully saturated rings. The van der Waals surface area contributed by atoms with Crippen LogP contribution in [0, 0.1) is 24.7 Å². The third kappa shape index (κ3) is 6.22. The fourth-order valence-electron chi connectivity index (χ4n) is 7.31. The minimum atomic E-state index is -1.18. The van der Waals surface area contributed by atoms with Crippen molar-refractivity contribution in [1.29, 1.82) is 0 Å². The number of aryl methyl sites for hydroxylation is 1. The van der Waals surface area contributed by atoms with Crippen LogP contribution in [0.1, 0.15) is 74.5 Å². The summed E-state index contributed by atoms with van der Waals surface area (Å²) >= 11 is 0. The van der Waals surface area contributed by atoms with Gasteiger partial charge < -0.3 is 9.64 Å². The summed E-state index contributed by atoms with van der Waals surface area (Å²) < 4.78 is 5.49. The molecule has 42 heavy (non-hydrogen) atoms. The van der Waals surface area contributed by atoms with Crippen molar-refractivity contribution in [3.05, 3.63) is 65.2 Å². The Bertz CT molecular complexity index is 1310. The number of carbonyl (C=O) groups excluding carboxylic acids is 3. The van der Waals surface area contributed by atoms with Crippen LogP contribution in [0.15, 0.2) is 53.5 Å². The molecule has 2 aromatic rings. The molecule has 3 amide bonds. The molecular weight excluding hydrogens is 528 g/mol. The SMILES string of the molecule is Cc1cccc2c1N(CC(=O)N1CC3CCC(CC3)C1)C(=O)C(NC(=O)OCc1ccccc1)N=C2C1CCCCC1. The molecule has 0 spiro atoms. The fraction of sp³-hybridized carbons (Fsp3) is 0.529. The van der Waals surface area contributed by atoms with E-state index in [9.17, 15) is 14.4 Å². The topological polar surface area (TPSA) is 91.3 Å². The highest BCUT2D eigenvalue weighted by Crippen LogP contribution is 2.37. The second-order valence-electron chi connectivity index (χ2n) is 12.5. The molecule has 2 aliphatic carbocycles. The van der Waals surface area contributed by atoms with Gasteiger partial charge in [0.25, 0.3) is 5.91 Å². The molecule has 2 bridgehead atoms. The lowest BCUT2D eigenvalue weighted by Gasteiger charge is -2.30. The standard InChI is InChI=1S/C34H42N4O4/c1-23-9-8-14-28-30(27-12-6-3-7-13-27)35-32(36-34(41)42-22-26-10-4-2-5-11-26)33(40)38(31(23)28)21-29(39)37-19-24-15-16-25(20-37)18-17-24/h2,4-5,8-11,14,24-25,27,32H,3,6-7,12-13,15-22H2,1H3,(H,36,41). The van der Waals surface area contributed by atoms with E-state index in [4.69, 9.17) is 9.73 Å². The van der Waals surface area contributed by atoms with Crippen LogP contribution in [0.3, 0.4) is 0 Å². The smallest absolute Gasteiger partial charge is 0.409 e. The Labute approximate surface area is 248 Å². The van der Waals surface area contributed by atoms with Gasteiger partial charge in [-0.3, -0.25) is 24.8 Å². The molecule has 1 N–H and O–H groups in total. The van der Waals surface area contributed by atoms with E-state index >= 15 is 0 Å². The number of fused-ring (bicyclic) bond motifs is 5. The number of aliphatic imine (C=N–C) groups is 1. The first-order chi connectivity index (χ1) is 20.5. The number of hydrogen-bond donors (Lipinski definition) is 1. The summed E-state index contributed by atoms with van der Waals surface area (Å²) in [6.07, 6.45) is 8.20. The molecule has 7 rings (SSSR count). The van der Waals surface area contributed by atoms with Crippen LogP contribution in [0.5, 0.6) is 0 Å². The molecule has 2 aromatic carbocycles. The normalized spacial score (nSPS) is 24.4. The Morgan fingerprint density at radius 3 is 2.29 bits per heavy atom. The summed E-state index contributed by atoms with van der Waals surface area (Å²) in [6, 6.07) is 15.4. The van der Waals surface area contributed by atoms with E-state index < -0.39 is 18.2 Å². The Morgan fingerprint density at radius 2 is 1.60 bits per heavy atom. The number of amides is 3. The average Bonchev–Trinajstić information content (AvgIpc) is 3.40. The van der Waals surface area contributed by atoms with Gasteiger partial charge in [-0.05, 0) is 68.4 Å². The number of nitrogens with one attached hydrogen (secondary N) is 1. The highest BCUT2D eigenvalue weighted by Gasteiger charge is 2.39. The lowest BCUT2D eigenvalue weighted by Crippen LogP contribution is -2.51. The third-order valence-corrected chi connectivity index (χ3v) is 9.58. The molecule has 222 valence electrons. The molecule has 1 atom stereocenters. The van der Waals surface area contributed by atoms with Crippen molar-refractivity contribution >= 4 is 29.3 Å². The maximum absolute atomic E-state index is 14.3. The molecular formula is C34H42N4O4. The van der Waals surface area contributed by atoms with E-state index in [0.717, 1.165) is 66.9 Å². The number of alkyl carbamates (subject to hydrolysis) is 1. The van der Waals surface area contributed by atoms with Gasteiger partial charge in [-0.15, -0.1) is 0 Å². The largest absolute Gasteiger partial charge is 0.445 e. The van der Waals surface area contributed by atoms with Crippen molar-refractivity contribution in [2.24, 2.45) is 22.7 Å². The quantitative estimate of drug-likeness (QED) is 0.489. The number of hydrogen-bond acceptors (Lipinski definition) is 5. The van der Waals surface area contributed by atoms with Crippen molar-refractivity contribution in [1.82, 2.24) is 10.2 Å². The van der Waals surface area contributed by atoms with E-state index in [0.29, 0.717) is 11.8 Å². The van der Waals surface area contributed by atoms with E-state index in [2.05, 4.69) is 5.32 Å². The van der Waals surface area contributed by atoms with Gasteiger partial charge in [0.2, 0.25) is 12.1 Å². The van der Waals surface area contributed by atoms with Gasteiger partial charge in [-0.1, -0.05) is 67.8 Å². The molecule has 1 unspecified atom stereocenters. The van der Waals surface area contributed by atoms with Crippen LogP contribution in [-0.4, -0.2) is 54.3 Å². The number of nitrogens with zero attached hydrogens (tertiary/aromatic N) is 3. The Hall–Kier alpha value is -3.68. The van der Waals surface area contributed by atoms with Crippen LogP contribution in [-0.2, 0) is 20.9 Å². The first-order valence-corrected chi connectivity index (χ1v) is 15.7. The van der Waals surface area contributed by atoms with Gasteiger partial charge in [-0.25, -0.2) is 4.79 Å². The zero-order valence-electron chi connectivity index (χ0n) is 24.6. The first kappa shape index (κ1) is 28.4. The maximum Gasteiger partial charge on any atom is 0.409 e. The summed E-state index contributed by atoms with van der Waals surface area (Å²) in [5.74, 6) is 0.823. The molecule has 8 nitrogen and oxygen atoms in total. The van der Waals surface area contributed by atoms with Crippen LogP contribution in [0.2, 0.25) is 0 Å². The van der Waals surface area contributed by atoms with E-state index in [1.54, 1.807) is 4.90 Å². The van der Waals surface area contributed by atoms with E-state index in [-0.39, 0.29) is 25.0 Å². The first-order valence-electron chi connectivity index (χ1n) is 15.7. The third-order valence-electron chi connectivity index (χ3n) is 9.58. The van der Waals surface area contributed by atoms with Gasteiger partial charge in [0.05, 0.1) is 11.4 Å². The Kier molecular flexibility index (Phi) is 8.58. The van der Waals surface area contributed by atoms with Crippen molar-refractivity contribution in [3.63, 3.8) is 0 Å². The minimum Gasteiger partial charge on any atom is -0.445 e. The van der Waals surface area contributed by atoms with E-state index in [1.165, 1.54) is 32.1 Å². The van der Waals surface area contributed by atoms with Crippen LogP contribution < -0.4 is 10.2 Å². The maximum atomic E-state index is 14.3. The molecule has 5 aliphatic rings. The number of ether oxygens (including phenoxy) is 1. The predicted molar refractivity (Wildman–Crippen MR) is 162 cm³/mol.